The molecule has 2 N–H and O–H groups in total. The number of aromatic amines is 1. The molecule has 2 aromatic rings. The first kappa shape index (κ1) is 17.0. The van der Waals surface area contributed by atoms with E-state index in [9.17, 15) is 4.79 Å². The number of H-pyrrole nitrogens is 1. The molecule has 1 aromatic heterocycles. The molecule has 1 amide bonds. The van der Waals surface area contributed by atoms with Crippen LogP contribution in [-0.2, 0) is 11.3 Å². The zero-order chi connectivity index (χ0) is 17.1. The molecule has 2 heterocycles. The minimum absolute atomic E-state index is 0.0956. The number of rotatable bonds is 5. The maximum absolute atomic E-state index is 12.3. The second kappa shape index (κ2) is 7.39. The van der Waals surface area contributed by atoms with Crippen LogP contribution in [-0.4, -0.2) is 34.9 Å². The zero-order valence-electron chi connectivity index (χ0n) is 15.0. The Bertz CT molecular complexity index is 691. The summed E-state index contributed by atoms with van der Waals surface area (Å²) in [5.74, 6) is 0.925. The summed E-state index contributed by atoms with van der Waals surface area (Å²) in [5, 5.41) is 5.05. The Balaban J connectivity index is 1.63. The summed E-state index contributed by atoms with van der Waals surface area (Å²) < 4.78 is 0. The molecule has 4 heteroatoms. The van der Waals surface area contributed by atoms with E-state index in [4.69, 9.17) is 0 Å². The molecule has 2 atom stereocenters. The van der Waals surface area contributed by atoms with Gasteiger partial charge in [0.2, 0.25) is 5.91 Å². The van der Waals surface area contributed by atoms with Crippen LogP contribution in [0.3, 0.4) is 0 Å². The third-order valence-corrected chi connectivity index (χ3v) is 5.30. The average Bonchev–Trinajstić information content (AvgIpc) is 3.08. The van der Waals surface area contributed by atoms with Gasteiger partial charge in [-0.1, -0.05) is 39.3 Å². The summed E-state index contributed by atoms with van der Waals surface area (Å²) in [7, 11) is 0. The number of piperidine rings is 1. The number of likely N-dealkylation sites (tertiary alicyclic amines) is 1. The van der Waals surface area contributed by atoms with Gasteiger partial charge in [0.05, 0.1) is 0 Å². The molecule has 0 saturated carbocycles. The van der Waals surface area contributed by atoms with E-state index in [-0.39, 0.29) is 5.92 Å². The maximum atomic E-state index is 12.3. The highest BCUT2D eigenvalue weighted by atomic mass is 16.2. The number of amides is 1. The van der Waals surface area contributed by atoms with E-state index in [1.807, 2.05) is 20.0 Å². The molecular formula is C20H29N3O. The molecule has 1 fully saturated rings. The van der Waals surface area contributed by atoms with Crippen molar-refractivity contribution in [2.75, 3.05) is 13.1 Å². The SMILES string of the molecule is CCC1CN(C(=O)C(C)C)CCC1NCc1cccc2[nH]ccc12. The van der Waals surface area contributed by atoms with Gasteiger partial charge in [0.1, 0.15) is 0 Å². The Morgan fingerprint density at radius 2 is 2.21 bits per heavy atom. The van der Waals surface area contributed by atoms with Crippen molar-refractivity contribution in [1.29, 1.82) is 0 Å². The summed E-state index contributed by atoms with van der Waals surface area (Å²) in [5.41, 5.74) is 2.53. The molecule has 3 rings (SSSR count). The molecule has 0 spiro atoms. The van der Waals surface area contributed by atoms with E-state index in [0.29, 0.717) is 17.9 Å². The van der Waals surface area contributed by atoms with Gasteiger partial charge in [0.15, 0.2) is 0 Å². The van der Waals surface area contributed by atoms with Crippen molar-refractivity contribution in [3.63, 3.8) is 0 Å². The van der Waals surface area contributed by atoms with Crippen LogP contribution in [0.25, 0.3) is 10.9 Å². The third-order valence-electron chi connectivity index (χ3n) is 5.30. The van der Waals surface area contributed by atoms with Crippen molar-refractivity contribution in [1.82, 2.24) is 15.2 Å². The first-order valence-electron chi connectivity index (χ1n) is 9.17. The van der Waals surface area contributed by atoms with Crippen molar-refractivity contribution in [2.24, 2.45) is 11.8 Å². The minimum atomic E-state index is 0.0956. The van der Waals surface area contributed by atoms with Crippen LogP contribution in [0.5, 0.6) is 0 Å². The van der Waals surface area contributed by atoms with E-state index in [2.05, 4.69) is 46.4 Å². The maximum Gasteiger partial charge on any atom is 0.225 e. The van der Waals surface area contributed by atoms with Gasteiger partial charge in [0, 0.05) is 48.7 Å². The minimum Gasteiger partial charge on any atom is -0.361 e. The fourth-order valence-electron chi connectivity index (χ4n) is 3.83. The Kier molecular flexibility index (Phi) is 5.24. The van der Waals surface area contributed by atoms with Gasteiger partial charge >= 0.3 is 0 Å². The molecule has 0 bridgehead atoms. The third kappa shape index (κ3) is 3.48. The number of nitrogens with one attached hydrogen (secondary N) is 2. The number of fused-ring (bicyclic) bond motifs is 1. The van der Waals surface area contributed by atoms with Crippen molar-refractivity contribution in [2.45, 2.75) is 46.2 Å². The monoisotopic (exact) mass is 327 g/mol. The van der Waals surface area contributed by atoms with Crippen molar-refractivity contribution < 1.29 is 4.79 Å². The van der Waals surface area contributed by atoms with E-state index in [1.165, 1.54) is 16.5 Å². The van der Waals surface area contributed by atoms with Gasteiger partial charge in [-0.05, 0) is 30.0 Å². The van der Waals surface area contributed by atoms with Gasteiger partial charge in [0.25, 0.3) is 0 Å². The van der Waals surface area contributed by atoms with E-state index >= 15 is 0 Å². The molecule has 1 saturated heterocycles. The largest absolute Gasteiger partial charge is 0.361 e. The number of nitrogens with zero attached hydrogens (tertiary/aromatic N) is 1. The highest BCUT2D eigenvalue weighted by Gasteiger charge is 2.30. The van der Waals surface area contributed by atoms with Crippen molar-refractivity contribution >= 4 is 16.8 Å². The number of carbonyl (C=O) groups excluding carboxylic acids is 1. The Hall–Kier alpha value is -1.81. The van der Waals surface area contributed by atoms with Crippen LogP contribution in [0, 0.1) is 11.8 Å². The fraction of sp³-hybridized carbons (Fsp3) is 0.550. The number of benzene rings is 1. The molecule has 24 heavy (non-hydrogen) atoms. The standard InChI is InChI=1S/C20H29N3O/c1-4-15-13-23(20(24)14(2)3)11-9-18(15)22-12-16-6-5-7-19-17(16)8-10-21-19/h5-8,10,14-15,18,21-22H,4,9,11-13H2,1-3H3. The number of hydrogen-bond acceptors (Lipinski definition) is 2. The number of aromatic nitrogens is 1. The summed E-state index contributed by atoms with van der Waals surface area (Å²) in [4.78, 5) is 17.6. The van der Waals surface area contributed by atoms with Crippen LogP contribution in [0.1, 0.15) is 39.2 Å². The second-order valence-electron chi connectivity index (χ2n) is 7.24. The molecule has 2 unspecified atom stereocenters. The lowest BCUT2D eigenvalue weighted by molar-refractivity contribution is -0.136. The van der Waals surface area contributed by atoms with Gasteiger partial charge in [-0.25, -0.2) is 0 Å². The average molecular weight is 327 g/mol. The molecule has 0 radical (unpaired) electrons. The molecule has 1 aromatic carbocycles. The van der Waals surface area contributed by atoms with Gasteiger partial charge < -0.3 is 15.2 Å². The Labute approximate surface area is 144 Å². The first-order valence-corrected chi connectivity index (χ1v) is 9.17. The molecule has 1 aliphatic rings. The van der Waals surface area contributed by atoms with Crippen LogP contribution < -0.4 is 5.32 Å². The van der Waals surface area contributed by atoms with Crippen molar-refractivity contribution in [3.05, 3.63) is 36.0 Å². The van der Waals surface area contributed by atoms with E-state index < -0.39 is 0 Å². The van der Waals surface area contributed by atoms with Gasteiger partial charge in [-0.3, -0.25) is 4.79 Å². The predicted molar refractivity (Wildman–Crippen MR) is 98.7 cm³/mol. The van der Waals surface area contributed by atoms with E-state index in [0.717, 1.165) is 32.5 Å². The topological polar surface area (TPSA) is 48.1 Å². The Morgan fingerprint density at radius 3 is 2.96 bits per heavy atom. The fourth-order valence-corrected chi connectivity index (χ4v) is 3.83. The molecular weight excluding hydrogens is 298 g/mol. The lowest BCUT2D eigenvalue weighted by Crippen LogP contribution is -2.51. The molecule has 130 valence electrons. The summed E-state index contributed by atoms with van der Waals surface area (Å²) in [6.07, 6.45) is 4.15. The van der Waals surface area contributed by atoms with Crippen LogP contribution in [0.4, 0.5) is 0 Å². The second-order valence-corrected chi connectivity index (χ2v) is 7.24. The molecule has 0 aliphatic carbocycles. The highest BCUT2D eigenvalue weighted by Crippen LogP contribution is 2.23. The van der Waals surface area contributed by atoms with Crippen molar-refractivity contribution in [3.8, 4) is 0 Å². The quantitative estimate of drug-likeness (QED) is 0.882. The number of carbonyl (C=O) groups is 1. The Morgan fingerprint density at radius 1 is 1.38 bits per heavy atom. The summed E-state index contributed by atoms with van der Waals surface area (Å²) in [6.45, 7) is 8.86. The normalized spacial score (nSPS) is 21.6. The van der Waals surface area contributed by atoms with E-state index in [1.54, 1.807) is 0 Å². The predicted octanol–water partition coefficient (Wildman–Crippen LogP) is 3.54. The molecule has 1 aliphatic heterocycles. The zero-order valence-corrected chi connectivity index (χ0v) is 15.0. The van der Waals surface area contributed by atoms with Gasteiger partial charge in [-0.15, -0.1) is 0 Å². The first-order chi connectivity index (χ1) is 11.6. The summed E-state index contributed by atoms with van der Waals surface area (Å²) >= 11 is 0. The lowest BCUT2D eigenvalue weighted by atomic mass is 9.89. The summed E-state index contributed by atoms with van der Waals surface area (Å²) in [6, 6.07) is 9.05. The molecule has 4 nitrogen and oxygen atoms in total. The van der Waals surface area contributed by atoms with Crippen LogP contribution in [0.15, 0.2) is 30.5 Å². The van der Waals surface area contributed by atoms with Crippen LogP contribution in [0.2, 0.25) is 0 Å². The van der Waals surface area contributed by atoms with Gasteiger partial charge in [-0.2, -0.15) is 0 Å². The van der Waals surface area contributed by atoms with Crippen LogP contribution >= 0.6 is 0 Å². The smallest absolute Gasteiger partial charge is 0.225 e. The number of hydrogen-bond donors (Lipinski definition) is 2. The highest BCUT2D eigenvalue weighted by molar-refractivity contribution is 5.82. The lowest BCUT2D eigenvalue weighted by Gasteiger charge is -2.39.